The molecule has 2 N–H and O–H groups in total. The van der Waals surface area contributed by atoms with Crippen molar-refractivity contribution in [2.24, 2.45) is 0 Å². The minimum atomic E-state index is 0.0663. The van der Waals surface area contributed by atoms with Crippen LogP contribution in [0.25, 0.3) is 0 Å². The van der Waals surface area contributed by atoms with Crippen LogP contribution in [-0.2, 0) is 17.1 Å². The maximum atomic E-state index is 11.6. The van der Waals surface area contributed by atoms with Gasteiger partial charge in [0.15, 0.2) is 0 Å². The Balaban J connectivity index is 1.56. The van der Waals surface area contributed by atoms with Crippen LogP contribution in [0.15, 0.2) is 17.9 Å². The third-order valence-electron chi connectivity index (χ3n) is 2.42. The molecule has 0 aliphatic heterocycles. The SMILES string of the molecule is Cc1nc(CSCCC(=O)NCc2cnc[nH]2)cs1. The number of thiazole rings is 1. The summed E-state index contributed by atoms with van der Waals surface area (Å²) in [4.78, 5) is 22.8. The number of carbonyl (C=O) groups excluding carboxylic acids is 1. The molecule has 2 aromatic rings. The highest BCUT2D eigenvalue weighted by Gasteiger charge is 2.03. The maximum absolute atomic E-state index is 11.6. The number of amides is 1. The van der Waals surface area contributed by atoms with E-state index in [1.807, 2.05) is 6.92 Å². The van der Waals surface area contributed by atoms with Crippen molar-refractivity contribution in [2.75, 3.05) is 5.75 Å². The molecule has 2 aromatic heterocycles. The van der Waals surface area contributed by atoms with Gasteiger partial charge in [-0.1, -0.05) is 0 Å². The molecule has 0 atom stereocenters. The zero-order valence-corrected chi connectivity index (χ0v) is 12.3. The van der Waals surface area contributed by atoms with Gasteiger partial charge in [0, 0.05) is 29.5 Å². The number of rotatable bonds is 7. The van der Waals surface area contributed by atoms with Crippen LogP contribution in [0.1, 0.15) is 22.8 Å². The van der Waals surface area contributed by atoms with E-state index in [9.17, 15) is 4.79 Å². The van der Waals surface area contributed by atoms with Crippen molar-refractivity contribution in [1.29, 1.82) is 0 Å². The second-order valence-corrected chi connectivity index (χ2v) is 6.18. The van der Waals surface area contributed by atoms with E-state index in [1.165, 1.54) is 0 Å². The number of hydrogen-bond donors (Lipinski definition) is 2. The van der Waals surface area contributed by atoms with Crippen LogP contribution in [0.5, 0.6) is 0 Å². The summed E-state index contributed by atoms with van der Waals surface area (Å²) < 4.78 is 0. The van der Waals surface area contributed by atoms with Gasteiger partial charge in [-0.2, -0.15) is 11.8 Å². The van der Waals surface area contributed by atoms with Gasteiger partial charge >= 0.3 is 0 Å². The lowest BCUT2D eigenvalue weighted by molar-refractivity contribution is -0.120. The zero-order valence-electron chi connectivity index (χ0n) is 10.7. The zero-order chi connectivity index (χ0) is 13.5. The lowest BCUT2D eigenvalue weighted by atomic mass is 10.4. The van der Waals surface area contributed by atoms with Gasteiger partial charge in [0.1, 0.15) is 0 Å². The summed E-state index contributed by atoms with van der Waals surface area (Å²) >= 11 is 3.40. The third-order valence-corrected chi connectivity index (χ3v) is 4.24. The van der Waals surface area contributed by atoms with Crippen molar-refractivity contribution >= 4 is 29.0 Å². The normalized spacial score (nSPS) is 10.6. The number of H-pyrrole nitrogens is 1. The van der Waals surface area contributed by atoms with Gasteiger partial charge in [0.25, 0.3) is 0 Å². The number of thioether (sulfide) groups is 1. The molecule has 0 aliphatic rings. The van der Waals surface area contributed by atoms with Gasteiger partial charge in [-0.3, -0.25) is 4.79 Å². The standard InChI is InChI=1S/C12H16N4OS2/c1-9-16-11(7-19-9)6-18-3-2-12(17)14-5-10-4-13-8-15-10/h4,7-8H,2-3,5-6H2,1H3,(H,13,15)(H,14,17). The highest BCUT2D eigenvalue weighted by molar-refractivity contribution is 7.98. The number of nitrogens with zero attached hydrogens (tertiary/aromatic N) is 2. The monoisotopic (exact) mass is 296 g/mol. The van der Waals surface area contributed by atoms with E-state index in [1.54, 1.807) is 35.6 Å². The van der Waals surface area contributed by atoms with Crippen LogP contribution in [0.3, 0.4) is 0 Å². The first kappa shape index (κ1) is 14.1. The van der Waals surface area contributed by atoms with Crippen molar-refractivity contribution < 1.29 is 4.79 Å². The van der Waals surface area contributed by atoms with Gasteiger partial charge in [-0.05, 0) is 6.92 Å². The molecule has 0 aromatic carbocycles. The van der Waals surface area contributed by atoms with E-state index < -0.39 is 0 Å². The van der Waals surface area contributed by atoms with Crippen LogP contribution < -0.4 is 5.32 Å². The maximum Gasteiger partial charge on any atom is 0.221 e. The molecule has 5 nitrogen and oxygen atoms in total. The Morgan fingerprint density at radius 2 is 2.47 bits per heavy atom. The second kappa shape index (κ2) is 7.30. The highest BCUT2D eigenvalue weighted by Crippen LogP contribution is 2.15. The average molecular weight is 296 g/mol. The van der Waals surface area contributed by atoms with E-state index in [2.05, 4.69) is 25.6 Å². The van der Waals surface area contributed by atoms with Crippen molar-refractivity contribution in [2.45, 2.75) is 25.6 Å². The molecule has 102 valence electrons. The Morgan fingerprint density at radius 3 is 3.16 bits per heavy atom. The summed E-state index contributed by atoms with van der Waals surface area (Å²) in [6.07, 6.45) is 3.84. The minimum absolute atomic E-state index is 0.0663. The molecule has 1 amide bonds. The molecule has 2 rings (SSSR count). The van der Waals surface area contributed by atoms with Crippen LogP contribution in [0, 0.1) is 6.92 Å². The Hall–Kier alpha value is -1.34. The summed E-state index contributed by atoms with van der Waals surface area (Å²) in [5, 5.41) is 6.01. The quantitative estimate of drug-likeness (QED) is 0.768. The molecule has 0 spiro atoms. The summed E-state index contributed by atoms with van der Waals surface area (Å²) in [6, 6.07) is 0. The molecule has 0 radical (unpaired) electrons. The first-order valence-corrected chi connectivity index (χ1v) is 8.00. The number of hydrogen-bond acceptors (Lipinski definition) is 5. The number of carbonyl (C=O) groups is 1. The number of imidazole rings is 1. The molecule has 0 saturated carbocycles. The summed E-state index contributed by atoms with van der Waals surface area (Å²) in [6.45, 7) is 2.51. The lowest BCUT2D eigenvalue weighted by Crippen LogP contribution is -2.23. The predicted octanol–water partition coefficient (Wildman–Crippen LogP) is 2.11. The minimum Gasteiger partial charge on any atom is -0.350 e. The van der Waals surface area contributed by atoms with E-state index in [-0.39, 0.29) is 5.91 Å². The summed E-state index contributed by atoms with van der Waals surface area (Å²) in [5.74, 6) is 1.75. The second-order valence-electron chi connectivity index (χ2n) is 4.01. The molecular weight excluding hydrogens is 280 g/mol. The first-order valence-electron chi connectivity index (χ1n) is 5.97. The van der Waals surface area contributed by atoms with Crippen molar-refractivity contribution in [3.05, 3.63) is 34.3 Å². The fraction of sp³-hybridized carbons (Fsp3) is 0.417. The first-order chi connectivity index (χ1) is 9.24. The molecule has 0 saturated heterocycles. The molecule has 2 heterocycles. The van der Waals surface area contributed by atoms with Crippen LogP contribution in [0.2, 0.25) is 0 Å². The third kappa shape index (κ3) is 5.04. The predicted molar refractivity (Wildman–Crippen MR) is 78.1 cm³/mol. The number of nitrogens with one attached hydrogen (secondary N) is 2. The molecular formula is C12H16N4OS2. The molecule has 0 fully saturated rings. The largest absolute Gasteiger partial charge is 0.350 e. The topological polar surface area (TPSA) is 70.7 Å². The van der Waals surface area contributed by atoms with Crippen LogP contribution in [-0.4, -0.2) is 26.6 Å². The highest BCUT2D eigenvalue weighted by atomic mass is 32.2. The van der Waals surface area contributed by atoms with Gasteiger partial charge < -0.3 is 10.3 Å². The molecule has 0 bridgehead atoms. The Kier molecular flexibility index (Phi) is 5.41. The smallest absolute Gasteiger partial charge is 0.221 e. The van der Waals surface area contributed by atoms with E-state index in [4.69, 9.17) is 0 Å². The lowest BCUT2D eigenvalue weighted by Gasteiger charge is -2.03. The van der Waals surface area contributed by atoms with Gasteiger partial charge in [0.2, 0.25) is 5.91 Å². The molecule has 0 aliphatic carbocycles. The van der Waals surface area contributed by atoms with Gasteiger partial charge in [-0.15, -0.1) is 11.3 Å². The number of aromatic amines is 1. The van der Waals surface area contributed by atoms with Crippen molar-refractivity contribution in [3.8, 4) is 0 Å². The van der Waals surface area contributed by atoms with Crippen molar-refractivity contribution in [1.82, 2.24) is 20.3 Å². The number of aryl methyl sites for hydroxylation is 1. The van der Waals surface area contributed by atoms with Crippen LogP contribution in [0.4, 0.5) is 0 Å². The summed E-state index contributed by atoms with van der Waals surface area (Å²) in [5.41, 5.74) is 2.02. The Morgan fingerprint density at radius 1 is 1.58 bits per heavy atom. The molecule has 0 unspecified atom stereocenters. The fourth-order valence-electron chi connectivity index (χ4n) is 1.48. The van der Waals surface area contributed by atoms with Crippen LogP contribution >= 0.6 is 23.1 Å². The van der Waals surface area contributed by atoms with Crippen molar-refractivity contribution in [3.63, 3.8) is 0 Å². The fourth-order valence-corrected chi connectivity index (χ4v) is 3.03. The summed E-state index contributed by atoms with van der Waals surface area (Å²) in [7, 11) is 0. The van der Waals surface area contributed by atoms with Gasteiger partial charge in [0.05, 0.1) is 29.3 Å². The van der Waals surface area contributed by atoms with E-state index >= 15 is 0 Å². The average Bonchev–Trinajstić information content (AvgIpc) is 3.04. The molecule has 19 heavy (non-hydrogen) atoms. The van der Waals surface area contributed by atoms with E-state index in [0.717, 1.165) is 27.9 Å². The molecule has 7 heteroatoms. The Bertz CT molecular complexity index is 510. The van der Waals surface area contributed by atoms with Gasteiger partial charge in [-0.25, -0.2) is 9.97 Å². The Labute approximate surface area is 120 Å². The van der Waals surface area contributed by atoms with E-state index in [0.29, 0.717) is 13.0 Å². The number of aromatic nitrogens is 3.